The van der Waals surface area contributed by atoms with E-state index in [1.807, 2.05) is 7.05 Å². The van der Waals surface area contributed by atoms with Crippen LogP contribution in [0.4, 0.5) is 0 Å². The smallest absolute Gasteiger partial charge is 0.166 e. The topological polar surface area (TPSA) is 42.3 Å². The fraction of sp³-hybridized carbons (Fsp3) is 0.842. The van der Waals surface area contributed by atoms with E-state index in [1.165, 1.54) is 0 Å². The highest BCUT2D eigenvalue weighted by Crippen LogP contribution is 2.49. The van der Waals surface area contributed by atoms with Gasteiger partial charge < -0.3 is 14.6 Å². The maximum Gasteiger partial charge on any atom is 0.166 e. The molecule has 0 bridgehead atoms. The number of aromatic nitrogens is 2. The van der Waals surface area contributed by atoms with Gasteiger partial charge in [-0.15, -0.1) is 0 Å². The minimum atomic E-state index is 0.0700. The number of rotatable bonds is 6. The van der Waals surface area contributed by atoms with E-state index in [4.69, 9.17) is 27.9 Å². The summed E-state index contributed by atoms with van der Waals surface area (Å²) in [7, 11) is 4.06. The fourth-order valence-electron chi connectivity index (χ4n) is 4.56. The molecule has 1 aromatic rings. The van der Waals surface area contributed by atoms with E-state index in [9.17, 15) is 0 Å². The molecule has 0 unspecified atom stereocenters. The Morgan fingerprint density at radius 2 is 2.00 bits per heavy atom. The zero-order valence-electron chi connectivity index (χ0n) is 16.4. The van der Waals surface area contributed by atoms with Crippen molar-refractivity contribution >= 4 is 23.2 Å². The number of ether oxygens (including phenoxy) is 1. The Kier molecular flexibility index (Phi) is 6.25. The lowest BCUT2D eigenvalue weighted by Gasteiger charge is -2.38. The van der Waals surface area contributed by atoms with Crippen molar-refractivity contribution in [1.82, 2.24) is 19.8 Å². The molecule has 1 N–H and O–H groups in total. The number of likely N-dealkylation sites (N-methyl/N-ethyl adjacent to an activating group) is 2. The highest BCUT2D eigenvalue weighted by Gasteiger charge is 2.46. The van der Waals surface area contributed by atoms with Gasteiger partial charge in [-0.3, -0.25) is 4.90 Å². The molecule has 0 radical (unpaired) electrons. The quantitative estimate of drug-likeness (QED) is 0.775. The van der Waals surface area contributed by atoms with Crippen LogP contribution in [0.25, 0.3) is 0 Å². The van der Waals surface area contributed by atoms with Crippen molar-refractivity contribution in [3.63, 3.8) is 0 Å². The molecule has 2 heterocycles. The Labute approximate surface area is 167 Å². The lowest BCUT2D eigenvalue weighted by molar-refractivity contribution is -0.0344. The van der Waals surface area contributed by atoms with Gasteiger partial charge in [0.25, 0.3) is 0 Å². The van der Waals surface area contributed by atoms with Gasteiger partial charge in [0.05, 0.1) is 18.8 Å². The van der Waals surface area contributed by atoms with Gasteiger partial charge in [0, 0.05) is 19.1 Å². The average Bonchev–Trinajstić information content (AvgIpc) is 3.03. The van der Waals surface area contributed by atoms with Crippen molar-refractivity contribution in [3.05, 3.63) is 16.1 Å². The van der Waals surface area contributed by atoms with E-state index >= 15 is 0 Å². The van der Waals surface area contributed by atoms with Gasteiger partial charge >= 0.3 is 0 Å². The van der Waals surface area contributed by atoms with Gasteiger partial charge in [0.2, 0.25) is 0 Å². The SMILES string of the molecule is CNCCN(C)Cc1nc(Cl)c(Cl)n1[C@H]1CC[C@]2(CC1)CC(C)(C)CO2. The lowest BCUT2D eigenvalue weighted by Crippen LogP contribution is -2.35. The molecule has 1 saturated carbocycles. The summed E-state index contributed by atoms with van der Waals surface area (Å²) >= 11 is 12.8. The number of halogens is 2. The van der Waals surface area contributed by atoms with Crippen molar-refractivity contribution in [2.75, 3.05) is 33.8 Å². The molecule has 2 fully saturated rings. The second-order valence-corrected chi connectivity index (χ2v) is 9.58. The molecule has 26 heavy (non-hydrogen) atoms. The van der Waals surface area contributed by atoms with Crippen LogP contribution < -0.4 is 5.32 Å². The molecule has 1 aromatic heterocycles. The first-order chi connectivity index (χ1) is 12.3. The van der Waals surface area contributed by atoms with Crippen LogP contribution in [0.15, 0.2) is 0 Å². The minimum absolute atomic E-state index is 0.0700. The van der Waals surface area contributed by atoms with Crippen LogP contribution >= 0.6 is 23.2 Å². The summed E-state index contributed by atoms with van der Waals surface area (Å²) in [4.78, 5) is 6.79. The average molecular weight is 403 g/mol. The number of nitrogens with one attached hydrogen (secondary N) is 1. The third kappa shape index (κ3) is 4.39. The zero-order valence-corrected chi connectivity index (χ0v) is 18.0. The first-order valence-electron chi connectivity index (χ1n) is 9.64. The Balaban J connectivity index is 1.70. The van der Waals surface area contributed by atoms with E-state index in [2.05, 4.69) is 40.7 Å². The highest BCUT2D eigenvalue weighted by atomic mass is 35.5. The zero-order chi connectivity index (χ0) is 18.9. The number of hydrogen-bond donors (Lipinski definition) is 1. The van der Waals surface area contributed by atoms with Crippen LogP contribution in [0.1, 0.15) is 57.8 Å². The maximum atomic E-state index is 6.54. The van der Waals surface area contributed by atoms with Crippen LogP contribution in [0.2, 0.25) is 10.3 Å². The van der Waals surface area contributed by atoms with Gasteiger partial charge in [-0.25, -0.2) is 4.98 Å². The van der Waals surface area contributed by atoms with Crippen molar-refractivity contribution in [2.45, 2.75) is 64.1 Å². The standard InChI is InChI=1S/C19H32Cl2N4O/c1-18(2)12-19(26-13-18)7-5-14(6-8-19)25-15(23-16(20)17(25)21)11-24(4)10-9-22-3/h14,22H,5-13H2,1-4H3/t14-,19-. The van der Waals surface area contributed by atoms with Crippen LogP contribution in [0.5, 0.6) is 0 Å². The lowest BCUT2D eigenvalue weighted by atomic mass is 9.75. The summed E-state index contributed by atoms with van der Waals surface area (Å²) in [6.45, 7) is 8.13. The first kappa shape index (κ1) is 20.4. The van der Waals surface area contributed by atoms with Gasteiger partial charge in [-0.2, -0.15) is 0 Å². The molecule has 3 rings (SSSR count). The molecule has 0 amide bonds. The summed E-state index contributed by atoms with van der Waals surface area (Å²) in [5.74, 6) is 0.965. The molecule has 1 aliphatic carbocycles. The van der Waals surface area contributed by atoms with Gasteiger partial charge in [-0.1, -0.05) is 37.0 Å². The Hall–Kier alpha value is -0.330. The summed E-state index contributed by atoms with van der Waals surface area (Å²) in [6, 6.07) is 0.355. The molecule has 0 aromatic carbocycles. The summed E-state index contributed by atoms with van der Waals surface area (Å²) < 4.78 is 8.43. The van der Waals surface area contributed by atoms with Crippen LogP contribution in [0, 0.1) is 5.41 Å². The van der Waals surface area contributed by atoms with Crippen molar-refractivity contribution in [3.8, 4) is 0 Å². The normalized spacial score (nSPS) is 28.3. The molecular weight excluding hydrogens is 371 g/mol. The second kappa shape index (κ2) is 7.96. The van der Waals surface area contributed by atoms with Crippen molar-refractivity contribution in [1.29, 1.82) is 0 Å². The van der Waals surface area contributed by atoms with E-state index in [1.54, 1.807) is 0 Å². The summed E-state index contributed by atoms with van der Waals surface area (Å²) in [6.07, 6.45) is 5.46. The molecule has 7 heteroatoms. The molecule has 2 aliphatic rings. The maximum absolute atomic E-state index is 6.54. The van der Waals surface area contributed by atoms with Crippen LogP contribution in [-0.2, 0) is 11.3 Å². The van der Waals surface area contributed by atoms with Crippen molar-refractivity contribution < 1.29 is 4.74 Å². The molecule has 148 valence electrons. The van der Waals surface area contributed by atoms with Crippen molar-refractivity contribution in [2.24, 2.45) is 5.41 Å². The fourth-order valence-corrected chi connectivity index (χ4v) is 5.03. The molecule has 5 nitrogen and oxygen atoms in total. The number of hydrogen-bond acceptors (Lipinski definition) is 4. The predicted octanol–water partition coefficient (Wildman–Crippen LogP) is 4.14. The Morgan fingerprint density at radius 1 is 1.31 bits per heavy atom. The van der Waals surface area contributed by atoms with Gasteiger partial charge in [-0.05, 0) is 51.6 Å². The Bertz CT molecular complexity index is 623. The molecular formula is C19H32Cl2N4O. The van der Waals surface area contributed by atoms with Gasteiger partial charge in [0.1, 0.15) is 11.0 Å². The molecule has 1 aliphatic heterocycles. The van der Waals surface area contributed by atoms with E-state index in [0.717, 1.165) is 64.2 Å². The third-order valence-corrected chi connectivity index (χ3v) is 6.56. The van der Waals surface area contributed by atoms with Gasteiger partial charge in [0.15, 0.2) is 5.15 Å². The minimum Gasteiger partial charge on any atom is -0.374 e. The summed E-state index contributed by atoms with van der Waals surface area (Å²) in [5.41, 5.74) is 0.366. The first-order valence-corrected chi connectivity index (χ1v) is 10.4. The number of nitrogens with zero attached hydrogens (tertiary/aromatic N) is 3. The van der Waals surface area contributed by atoms with Crippen LogP contribution in [0.3, 0.4) is 0 Å². The Morgan fingerprint density at radius 3 is 2.58 bits per heavy atom. The second-order valence-electron chi connectivity index (χ2n) is 8.86. The largest absolute Gasteiger partial charge is 0.374 e. The van der Waals surface area contributed by atoms with E-state index < -0.39 is 0 Å². The van der Waals surface area contributed by atoms with E-state index in [0.29, 0.717) is 21.8 Å². The molecule has 1 saturated heterocycles. The number of imidazole rings is 1. The molecule has 1 spiro atoms. The third-order valence-electron chi connectivity index (χ3n) is 5.84. The van der Waals surface area contributed by atoms with Crippen LogP contribution in [-0.4, -0.2) is 53.8 Å². The summed E-state index contributed by atoms with van der Waals surface area (Å²) in [5, 5.41) is 4.18. The van der Waals surface area contributed by atoms with E-state index in [-0.39, 0.29) is 5.60 Å². The highest BCUT2D eigenvalue weighted by molar-refractivity contribution is 6.40. The molecule has 0 atom stereocenters. The monoisotopic (exact) mass is 402 g/mol. The predicted molar refractivity (Wildman–Crippen MR) is 107 cm³/mol.